The topological polar surface area (TPSA) is 46.1 Å². The Bertz CT molecular complexity index is 588. The Morgan fingerprint density at radius 1 is 1.25 bits per heavy atom. The van der Waals surface area contributed by atoms with Gasteiger partial charge in [0.05, 0.1) is 0 Å². The van der Waals surface area contributed by atoms with Gasteiger partial charge < -0.3 is 4.90 Å². The summed E-state index contributed by atoms with van der Waals surface area (Å²) in [5, 5.41) is 4.14. The Morgan fingerprint density at radius 3 is 2.65 bits per heavy atom. The van der Waals surface area contributed by atoms with Crippen LogP contribution in [-0.4, -0.2) is 33.5 Å². The van der Waals surface area contributed by atoms with Crippen LogP contribution in [0, 0.1) is 5.92 Å². The van der Waals surface area contributed by atoms with Crippen LogP contribution in [0.3, 0.4) is 0 Å². The standard InChI is InChI=1S/C15H17N3OS/c1-11-7-9-18(10-8-11)15(19)14-13(16-17-20-14)12-5-3-2-4-6-12/h2-6,11H,7-10H2,1H3. The molecule has 0 saturated carbocycles. The third-order valence-corrected chi connectivity index (χ3v) is 4.51. The first-order valence-corrected chi connectivity index (χ1v) is 7.70. The Balaban J connectivity index is 1.85. The molecule has 20 heavy (non-hydrogen) atoms. The van der Waals surface area contributed by atoms with Crippen LogP contribution in [0.2, 0.25) is 0 Å². The number of hydrogen-bond acceptors (Lipinski definition) is 4. The van der Waals surface area contributed by atoms with Crippen molar-refractivity contribution in [2.24, 2.45) is 5.92 Å². The Kier molecular flexibility index (Phi) is 3.78. The molecular weight excluding hydrogens is 270 g/mol. The normalized spacial score (nSPS) is 16.4. The van der Waals surface area contributed by atoms with E-state index in [2.05, 4.69) is 16.5 Å². The summed E-state index contributed by atoms with van der Waals surface area (Å²) in [4.78, 5) is 15.2. The SMILES string of the molecule is CC1CCN(C(=O)c2snnc2-c2ccccc2)CC1. The van der Waals surface area contributed by atoms with Crippen molar-refractivity contribution in [2.75, 3.05) is 13.1 Å². The van der Waals surface area contributed by atoms with Crippen LogP contribution in [0.5, 0.6) is 0 Å². The van der Waals surface area contributed by atoms with E-state index in [1.54, 1.807) is 0 Å². The first-order valence-electron chi connectivity index (χ1n) is 6.93. The number of piperidine rings is 1. The van der Waals surface area contributed by atoms with Crippen molar-refractivity contribution < 1.29 is 4.79 Å². The molecule has 3 rings (SSSR count). The zero-order chi connectivity index (χ0) is 13.9. The molecule has 2 heterocycles. The van der Waals surface area contributed by atoms with E-state index in [1.807, 2.05) is 35.2 Å². The van der Waals surface area contributed by atoms with Gasteiger partial charge in [-0.25, -0.2) is 0 Å². The maximum atomic E-state index is 12.6. The van der Waals surface area contributed by atoms with Gasteiger partial charge in [-0.3, -0.25) is 4.79 Å². The highest BCUT2D eigenvalue weighted by atomic mass is 32.1. The van der Waals surface area contributed by atoms with Gasteiger partial charge in [0.2, 0.25) is 0 Å². The van der Waals surface area contributed by atoms with Crippen LogP contribution in [0.1, 0.15) is 29.4 Å². The Morgan fingerprint density at radius 2 is 1.95 bits per heavy atom. The minimum Gasteiger partial charge on any atom is -0.338 e. The summed E-state index contributed by atoms with van der Waals surface area (Å²) in [5.41, 5.74) is 1.66. The van der Waals surface area contributed by atoms with E-state index in [9.17, 15) is 4.79 Å². The summed E-state index contributed by atoms with van der Waals surface area (Å²) >= 11 is 1.19. The number of carbonyl (C=O) groups excluding carboxylic acids is 1. The minimum absolute atomic E-state index is 0.0748. The first kappa shape index (κ1) is 13.2. The lowest BCUT2D eigenvalue weighted by Crippen LogP contribution is -2.37. The number of aromatic nitrogens is 2. The van der Waals surface area contributed by atoms with Crippen molar-refractivity contribution in [3.8, 4) is 11.3 Å². The number of likely N-dealkylation sites (tertiary alicyclic amines) is 1. The summed E-state index contributed by atoms with van der Waals surface area (Å²) in [7, 11) is 0. The highest BCUT2D eigenvalue weighted by Crippen LogP contribution is 2.26. The predicted molar refractivity (Wildman–Crippen MR) is 79.6 cm³/mol. The van der Waals surface area contributed by atoms with E-state index in [-0.39, 0.29) is 5.91 Å². The lowest BCUT2D eigenvalue weighted by Gasteiger charge is -2.29. The molecule has 1 aromatic carbocycles. The molecule has 0 spiro atoms. The summed E-state index contributed by atoms with van der Waals surface area (Å²) in [6, 6.07) is 9.78. The van der Waals surface area contributed by atoms with E-state index in [4.69, 9.17) is 0 Å². The van der Waals surface area contributed by atoms with E-state index in [1.165, 1.54) is 11.5 Å². The molecule has 0 aliphatic carbocycles. The maximum absolute atomic E-state index is 12.6. The van der Waals surface area contributed by atoms with Gasteiger partial charge in [0.25, 0.3) is 5.91 Å². The van der Waals surface area contributed by atoms with E-state index >= 15 is 0 Å². The third kappa shape index (κ3) is 2.58. The summed E-state index contributed by atoms with van der Waals surface area (Å²) in [6.07, 6.45) is 2.16. The zero-order valence-corrected chi connectivity index (χ0v) is 12.3. The second-order valence-corrected chi connectivity index (χ2v) is 6.05. The number of benzene rings is 1. The summed E-state index contributed by atoms with van der Waals surface area (Å²) in [6.45, 7) is 3.92. The quantitative estimate of drug-likeness (QED) is 0.852. The molecular formula is C15H17N3OS. The molecule has 4 nitrogen and oxygen atoms in total. The number of carbonyl (C=O) groups is 1. The van der Waals surface area contributed by atoms with E-state index in [0.717, 1.165) is 31.5 Å². The molecule has 5 heteroatoms. The van der Waals surface area contributed by atoms with Crippen molar-refractivity contribution in [3.63, 3.8) is 0 Å². The van der Waals surface area contributed by atoms with Gasteiger partial charge >= 0.3 is 0 Å². The van der Waals surface area contributed by atoms with Crippen molar-refractivity contribution in [2.45, 2.75) is 19.8 Å². The van der Waals surface area contributed by atoms with Gasteiger partial charge in [0.15, 0.2) is 0 Å². The van der Waals surface area contributed by atoms with Crippen LogP contribution in [0.4, 0.5) is 0 Å². The molecule has 1 aliphatic rings. The van der Waals surface area contributed by atoms with Crippen molar-refractivity contribution in [1.29, 1.82) is 0 Å². The number of rotatable bonds is 2. The Labute approximate surface area is 122 Å². The van der Waals surface area contributed by atoms with Gasteiger partial charge in [-0.05, 0) is 30.3 Å². The van der Waals surface area contributed by atoms with Crippen LogP contribution >= 0.6 is 11.5 Å². The lowest BCUT2D eigenvalue weighted by atomic mass is 9.99. The maximum Gasteiger partial charge on any atom is 0.267 e. The molecule has 0 atom stereocenters. The zero-order valence-electron chi connectivity index (χ0n) is 11.5. The largest absolute Gasteiger partial charge is 0.338 e. The molecule has 0 bridgehead atoms. The molecule has 0 radical (unpaired) electrons. The molecule has 1 fully saturated rings. The van der Waals surface area contributed by atoms with Crippen LogP contribution in [0.25, 0.3) is 11.3 Å². The van der Waals surface area contributed by atoms with Crippen molar-refractivity contribution in [1.82, 2.24) is 14.5 Å². The number of nitrogens with zero attached hydrogens (tertiary/aromatic N) is 3. The number of amides is 1. The van der Waals surface area contributed by atoms with Crippen LogP contribution in [-0.2, 0) is 0 Å². The lowest BCUT2D eigenvalue weighted by molar-refractivity contribution is 0.0702. The first-order chi connectivity index (χ1) is 9.75. The van der Waals surface area contributed by atoms with Gasteiger partial charge in [0, 0.05) is 18.7 Å². The summed E-state index contributed by atoms with van der Waals surface area (Å²) < 4.78 is 3.97. The fraction of sp³-hybridized carbons (Fsp3) is 0.400. The summed E-state index contributed by atoms with van der Waals surface area (Å²) in [5.74, 6) is 0.790. The average molecular weight is 287 g/mol. The predicted octanol–water partition coefficient (Wildman–Crippen LogP) is 3.08. The van der Waals surface area contributed by atoms with E-state index < -0.39 is 0 Å². The smallest absolute Gasteiger partial charge is 0.267 e. The van der Waals surface area contributed by atoms with Gasteiger partial charge in [-0.1, -0.05) is 41.7 Å². The molecule has 104 valence electrons. The average Bonchev–Trinajstić information content (AvgIpc) is 2.97. The molecule has 0 N–H and O–H groups in total. The molecule has 1 amide bonds. The van der Waals surface area contributed by atoms with Gasteiger partial charge in [-0.15, -0.1) is 5.10 Å². The monoisotopic (exact) mass is 287 g/mol. The molecule has 1 saturated heterocycles. The second kappa shape index (κ2) is 5.71. The Hall–Kier alpha value is -1.75. The van der Waals surface area contributed by atoms with Crippen molar-refractivity contribution >= 4 is 17.4 Å². The fourth-order valence-electron chi connectivity index (χ4n) is 2.47. The second-order valence-electron chi connectivity index (χ2n) is 5.29. The molecule has 2 aromatic rings. The highest BCUT2D eigenvalue weighted by Gasteiger charge is 2.26. The van der Waals surface area contributed by atoms with Crippen LogP contribution in [0.15, 0.2) is 30.3 Å². The van der Waals surface area contributed by atoms with Crippen molar-refractivity contribution in [3.05, 3.63) is 35.2 Å². The fourth-order valence-corrected chi connectivity index (χ4v) is 3.13. The van der Waals surface area contributed by atoms with Gasteiger partial charge in [0.1, 0.15) is 10.6 Å². The van der Waals surface area contributed by atoms with Gasteiger partial charge in [-0.2, -0.15) is 0 Å². The molecule has 1 aliphatic heterocycles. The number of hydrogen-bond donors (Lipinski definition) is 0. The van der Waals surface area contributed by atoms with E-state index in [0.29, 0.717) is 16.5 Å². The molecule has 0 unspecified atom stereocenters. The third-order valence-electron chi connectivity index (χ3n) is 3.80. The highest BCUT2D eigenvalue weighted by molar-refractivity contribution is 7.08. The molecule has 1 aromatic heterocycles. The van der Waals surface area contributed by atoms with Crippen LogP contribution < -0.4 is 0 Å². The minimum atomic E-state index is 0.0748.